The average molecular weight is 256 g/mol. The van der Waals surface area contributed by atoms with Gasteiger partial charge in [-0.05, 0) is 50.6 Å². The highest BCUT2D eigenvalue weighted by Gasteiger charge is 2.29. The van der Waals surface area contributed by atoms with Crippen LogP contribution in [0.15, 0.2) is 36.5 Å². The van der Waals surface area contributed by atoms with Crippen molar-refractivity contribution in [3.63, 3.8) is 0 Å². The van der Waals surface area contributed by atoms with E-state index in [0.29, 0.717) is 6.10 Å². The summed E-state index contributed by atoms with van der Waals surface area (Å²) in [6.07, 6.45) is 4.76. The zero-order valence-corrected chi connectivity index (χ0v) is 11.5. The zero-order chi connectivity index (χ0) is 13.2. The Kier molecular flexibility index (Phi) is 3.49. The van der Waals surface area contributed by atoms with Gasteiger partial charge < -0.3 is 10.1 Å². The lowest BCUT2D eigenvalue weighted by molar-refractivity contribution is 0.0333. The first-order chi connectivity index (χ1) is 9.28. The van der Waals surface area contributed by atoms with E-state index in [2.05, 4.69) is 41.5 Å². The molecule has 19 heavy (non-hydrogen) atoms. The van der Waals surface area contributed by atoms with Crippen molar-refractivity contribution in [2.75, 3.05) is 7.05 Å². The first kappa shape index (κ1) is 12.6. The average Bonchev–Trinajstić information content (AvgIpc) is 2.86. The molecular formula is C16H20N2O. The number of rotatable bonds is 3. The van der Waals surface area contributed by atoms with Gasteiger partial charge in [0.05, 0.1) is 23.8 Å². The lowest BCUT2D eigenvalue weighted by atomic mass is 9.98. The molecule has 1 saturated heterocycles. The Morgan fingerprint density at radius 3 is 2.95 bits per heavy atom. The van der Waals surface area contributed by atoms with Gasteiger partial charge >= 0.3 is 0 Å². The number of hydrogen-bond donors (Lipinski definition) is 1. The molecule has 0 aliphatic carbocycles. The van der Waals surface area contributed by atoms with E-state index in [-0.39, 0.29) is 12.1 Å². The third kappa shape index (κ3) is 2.48. The number of ether oxygens (including phenoxy) is 1. The van der Waals surface area contributed by atoms with Crippen molar-refractivity contribution in [1.82, 2.24) is 10.3 Å². The molecule has 1 aromatic carbocycles. The molecule has 0 spiro atoms. The van der Waals surface area contributed by atoms with E-state index in [1.807, 2.05) is 19.3 Å². The normalized spacial score (nSPS) is 24.7. The van der Waals surface area contributed by atoms with Crippen LogP contribution in [0.2, 0.25) is 0 Å². The summed E-state index contributed by atoms with van der Waals surface area (Å²) in [4.78, 5) is 4.37. The molecule has 1 aliphatic rings. The predicted octanol–water partition coefficient (Wildman–Crippen LogP) is 3.06. The number of benzene rings is 1. The highest BCUT2D eigenvalue weighted by molar-refractivity contribution is 5.79. The molecular weight excluding hydrogens is 236 g/mol. The summed E-state index contributed by atoms with van der Waals surface area (Å²) in [6, 6.07) is 10.8. The van der Waals surface area contributed by atoms with E-state index in [1.54, 1.807) is 0 Å². The van der Waals surface area contributed by atoms with E-state index in [1.165, 1.54) is 10.9 Å². The maximum atomic E-state index is 6.00. The third-order valence-electron chi connectivity index (χ3n) is 3.93. The fourth-order valence-corrected chi connectivity index (χ4v) is 2.93. The number of fused-ring (bicyclic) bond motifs is 1. The monoisotopic (exact) mass is 256 g/mol. The minimum Gasteiger partial charge on any atom is -0.373 e. The summed E-state index contributed by atoms with van der Waals surface area (Å²) in [6.45, 7) is 2.15. The molecule has 0 amide bonds. The van der Waals surface area contributed by atoms with Gasteiger partial charge in [-0.15, -0.1) is 0 Å². The second-order valence-corrected chi connectivity index (χ2v) is 5.28. The van der Waals surface area contributed by atoms with Crippen molar-refractivity contribution in [3.8, 4) is 0 Å². The Hall–Kier alpha value is -1.45. The van der Waals surface area contributed by atoms with Crippen LogP contribution >= 0.6 is 0 Å². The molecule has 3 atom stereocenters. The quantitative estimate of drug-likeness (QED) is 0.916. The molecule has 0 bridgehead atoms. The molecule has 1 N–H and O–H groups in total. The highest BCUT2D eigenvalue weighted by atomic mass is 16.5. The molecule has 1 fully saturated rings. The van der Waals surface area contributed by atoms with Crippen LogP contribution in [0, 0.1) is 0 Å². The van der Waals surface area contributed by atoms with Gasteiger partial charge in [-0.25, -0.2) is 0 Å². The second-order valence-electron chi connectivity index (χ2n) is 5.28. The Morgan fingerprint density at radius 2 is 2.21 bits per heavy atom. The number of nitrogens with zero attached hydrogens (tertiary/aromatic N) is 1. The molecule has 100 valence electrons. The summed E-state index contributed by atoms with van der Waals surface area (Å²) < 4.78 is 6.00. The Bertz CT molecular complexity index is 569. The van der Waals surface area contributed by atoms with Crippen molar-refractivity contribution in [2.24, 2.45) is 0 Å². The van der Waals surface area contributed by atoms with Gasteiger partial charge in [0.15, 0.2) is 0 Å². The first-order valence-corrected chi connectivity index (χ1v) is 6.95. The molecule has 3 rings (SSSR count). The van der Waals surface area contributed by atoms with Crippen LogP contribution < -0.4 is 5.32 Å². The summed E-state index contributed by atoms with van der Waals surface area (Å²) in [7, 11) is 2.00. The van der Waals surface area contributed by atoms with Gasteiger partial charge in [-0.3, -0.25) is 4.98 Å². The minimum absolute atomic E-state index is 0.259. The number of aromatic nitrogens is 1. The van der Waals surface area contributed by atoms with Crippen molar-refractivity contribution >= 4 is 10.9 Å². The smallest absolute Gasteiger partial charge is 0.0774 e. The molecule has 0 saturated carbocycles. The van der Waals surface area contributed by atoms with Crippen LogP contribution in [0.3, 0.4) is 0 Å². The summed E-state index contributed by atoms with van der Waals surface area (Å²) in [5, 5.41) is 4.59. The fraction of sp³-hybridized carbons (Fsp3) is 0.438. The zero-order valence-electron chi connectivity index (χ0n) is 11.5. The Labute approximate surface area is 114 Å². The van der Waals surface area contributed by atoms with Crippen LogP contribution in [0.5, 0.6) is 0 Å². The highest BCUT2D eigenvalue weighted by Crippen LogP contribution is 2.30. The number of likely N-dealkylation sites (N-methyl/N-ethyl adjacent to an activating group) is 1. The van der Waals surface area contributed by atoms with E-state index in [0.717, 1.165) is 18.4 Å². The van der Waals surface area contributed by atoms with Crippen LogP contribution in [-0.2, 0) is 4.74 Å². The van der Waals surface area contributed by atoms with Crippen LogP contribution in [0.4, 0.5) is 0 Å². The molecule has 2 aromatic rings. The first-order valence-electron chi connectivity index (χ1n) is 6.95. The van der Waals surface area contributed by atoms with Gasteiger partial charge in [0, 0.05) is 11.6 Å². The van der Waals surface area contributed by atoms with Crippen molar-refractivity contribution < 1.29 is 4.74 Å². The van der Waals surface area contributed by atoms with E-state index in [4.69, 9.17) is 4.74 Å². The van der Waals surface area contributed by atoms with Crippen molar-refractivity contribution in [1.29, 1.82) is 0 Å². The predicted molar refractivity (Wildman–Crippen MR) is 77.1 cm³/mol. The standard InChI is InChI=1S/C16H20N2O/c1-11-5-8-15(19-11)16(17-2)13-6-7-14-12(10-13)4-3-9-18-14/h3-4,6-7,9-11,15-17H,5,8H2,1-2H3. The Morgan fingerprint density at radius 1 is 1.32 bits per heavy atom. The lowest BCUT2D eigenvalue weighted by Crippen LogP contribution is -2.29. The fourth-order valence-electron chi connectivity index (χ4n) is 2.93. The van der Waals surface area contributed by atoms with E-state index in [9.17, 15) is 0 Å². The molecule has 3 unspecified atom stereocenters. The maximum absolute atomic E-state index is 6.00. The van der Waals surface area contributed by atoms with Gasteiger partial charge in [0.1, 0.15) is 0 Å². The van der Waals surface area contributed by atoms with Crippen LogP contribution in [-0.4, -0.2) is 24.2 Å². The van der Waals surface area contributed by atoms with Crippen molar-refractivity contribution in [2.45, 2.75) is 38.0 Å². The summed E-state index contributed by atoms with van der Waals surface area (Å²) in [5.41, 5.74) is 2.32. The number of nitrogens with one attached hydrogen (secondary N) is 1. The molecule has 2 heterocycles. The Balaban J connectivity index is 1.92. The van der Waals surface area contributed by atoms with Gasteiger partial charge in [0.25, 0.3) is 0 Å². The van der Waals surface area contributed by atoms with Crippen LogP contribution in [0.25, 0.3) is 10.9 Å². The summed E-state index contributed by atoms with van der Waals surface area (Å²) in [5.74, 6) is 0. The SMILES string of the molecule is CNC(c1ccc2ncccc2c1)C1CCC(C)O1. The van der Waals surface area contributed by atoms with Crippen LogP contribution in [0.1, 0.15) is 31.4 Å². The lowest BCUT2D eigenvalue weighted by Gasteiger charge is -2.24. The number of hydrogen-bond acceptors (Lipinski definition) is 3. The molecule has 3 heteroatoms. The molecule has 3 nitrogen and oxygen atoms in total. The molecule has 0 radical (unpaired) electrons. The minimum atomic E-state index is 0.259. The molecule has 1 aromatic heterocycles. The van der Waals surface area contributed by atoms with Gasteiger partial charge in [0.2, 0.25) is 0 Å². The topological polar surface area (TPSA) is 34.2 Å². The maximum Gasteiger partial charge on any atom is 0.0774 e. The van der Waals surface area contributed by atoms with E-state index < -0.39 is 0 Å². The van der Waals surface area contributed by atoms with Gasteiger partial charge in [-0.2, -0.15) is 0 Å². The van der Waals surface area contributed by atoms with Gasteiger partial charge in [-0.1, -0.05) is 12.1 Å². The molecule has 1 aliphatic heterocycles. The van der Waals surface area contributed by atoms with Crippen molar-refractivity contribution in [3.05, 3.63) is 42.1 Å². The largest absolute Gasteiger partial charge is 0.373 e. The third-order valence-corrected chi connectivity index (χ3v) is 3.93. The summed E-state index contributed by atoms with van der Waals surface area (Å²) >= 11 is 0. The number of pyridine rings is 1. The second kappa shape index (κ2) is 5.27. The van der Waals surface area contributed by atoms with E-state index >= 15 is 0 Å².